The zero-order chi connectivity index (χ0) is 22.4. The number of quaternary nitrogens is 1. The van der Waals surface area contributed by atoms with Crippen LogP contribution in [0.1, 0.15) is 19.4 Å². The number of aliphatic hydroxyl groups excluding tert-OH is 1. The third-order valence-electron chi connectivity index (χ3n) is 4.10. The molecule has 0 atom stereocenters. The van der Waals surface area contributed by atoms with Crippen LogP contribution in [0.15, 0.2) is 84.0 Å². The monoisotopic (exact) mass is 567 g/mol. The fourth-order valence-corrected chi connectivity index (χ4v) is 3.11. The lowest BCUT2D eigenvalue weighted by Crippen LogP contribution is -3.00. The number of rotatable bonds is 4. The number of hydrogen-bond donors (Lipinski definition) is 2. The first-order valence-corrected chi connectivity index (χ1v) is 10.7. The number of nitro groups is 1. The number of halogens is 2. The second-order valence-electron chi connectivity index (χ2n) is 6.96. The number of nitrogens with two attached hydrogens (primary N) is 1. The van der Waals surface area contributed by atoms with Crippen molar-refractivity contribution in [1.82, 2.24) is 0 Å². The van der Waals surface area contributed by atoms with Crippen molar-refractivity contribution in [2.24, 2.45) is 5.10 Å². The van der Waals surface area contributed by atoms with Crippen molar-refractivity contribution in [2.45, 2.75) is 20.0 Å². The van der Waals surface area contributed by atoms with Crippen molar-refractivity contribution in [3.63, 3.8) is 0 Å². The minimum absolute atomic E-state index is 0. The Bertz CT molecular complexity index is 1040. The summed E-state index contributed by atoms with van der Waals surface area (Å²) in [6.45, 7) is 3.44. The zero-order valence-corrected chi connectivity index (χ0v) is 20.4. The summed E-state index contributed by atoms with van der Waals surface area (Å²) in [5.41, 5.74) is 4.69. The Labute approximate surface area is 206 Å². The van der Waals surface area contributed by atoms with Gasteiger partial charge in [0.25, 0.3) is 11.5 Å². The molecule has 1 aliphatic rings. The lowest BCUT2D eigenvalue weighted by Gasteiger charge is -2.23. The molecular formula is C22H23ClIN5O3. The molecule has 0 amide bonds. The van der Waals surface area contributed by atoms with Gasteiger partial charge < -0.3 is 17.5 Å². The number of benzene rings is 3. The first-order valence-electron chi connectivity index (χ1n) is 9.61. The van der Waals surface area contributed by atoms with Crippen LogP contribution in [0.2, 0.25) is 0 Å². The molecule has 0 bridgehead atoms. The van der Waals surface area contributed by atoms with Crippen molar-refractivity contribution < 1.29 is 27.9 Å². The largest absolute Gasteiger partial charge is 1.00 e. The highest BCUT2D eigenvalue weighted by atomic mass is 127. The van der Waals surface area contributed by atoms with Gasteiger partial charge in [0.05, 0.1) is 16.2 Å². The third kappa shape index (κ3) is 6.63. The van der Waals surface area contributed by atoms with Crippen LogP contribution in [0.25, 0.3) is 0 Å². The summed E-state index contributed by atoms with van der Waals surface area (Å²) >= 11 is 2.26. The molecule has 0 aliphatic carbocycles. The first kappa shape index (κ1) is 25.5. The number of aliphatic hydroxyl groups is 1. The molecule has 4 rings (SSSR count). The molecule has 32 heavy (non-hydrogen) atoms. The molecule has 168 valence electrons. The Kier molecular flexibility index (Phi) is 9.39. The van der Waals surface area contributed by atoms with Gasteiger partial charge in [-0.2, -0.15) is 5.43 Å². The Morgan fingerprint density at radius 1 is 0.969 bits per heavy atom. The van der Waals surface area contributed by atoms with E-state index in [0.717, 1.165) is 26.3 Å². The zero-order valence-electron chi connectivity index (χ0n) is 17.5. The molecule has 0 aromatic heterocycles. The fraction of sp³-hybridized carbons (Fsp3) is 0.136. The van der Waals surface area contributed by atoms with Gasteiger partial charge >= 0.3 is 0 Å². The quantitative estimate of drug-likeness (QED) is 0.209. The van der Waals surface area contributed by atoms with E-state index in [1.165, 1.54) is 12.1 Å². The maximum absolute atomic E-state index is 10.9. The van der Waals surface area contributed by atoms with Gasteiger partial charge in [-0.1, -0.05) is 23.3 Å². The molecule has 3 N–H and O–H groups in total. The number of hydrazine groups is 1. The van der Waals surface area contributed by atoms with Crippen molar-refractivity contribution in [3.8, 4) is 0 Å². The summed E-state index contributed by atoms with van der Waals surface area (Å²) in [6, 6.07) is 24.3. The molecular weight excluding hydrogens is 545 g/mol. The van der Waals surface area contributed by atoms with Gasteiger partial charge in [-0.15, -0.1) is 10.2 Å². The van der Waals surface area contributed by atoms with Crippen LogP contribution in [0.5, 0.6) is 0 Å². The number of amidine groups is 1. The van der Waals surface area contributed by atoms with E-state index in [1.807, 2.05) is 65.1 Å². The second kappa shape index (κ2) is 11.8. The summed E-state index contributed by atoms with van der Waals surface area (Å²) in [5.74, 6) is 0.813. The normalized spacial score (nSPS) is 12.6. The predicted molar refractivity (Wildman–Crippen MR) is 129 cm³/mol. The number of nitrogens with zero attached hydrogens (tertiary/aromatic N) is 4. The molecule has 0 fully saturated rings. The number of nitro benzene ring substituents is 1. The van der Waals surface area contributed by atoms with Gasteiger partial charge in [0.1, 0.15) is 5.69 Å². The van der Waals surface area contributed by atoms with Gasteiger partial charge in [0.2, 0.25) is 0 Å². The third-order valence-corrected chi connectivity index (χ3v) is 4.82. The topological polar surface area (TPSA) is 98.8 Å². The van der Waals surface area contributed by atoms with Crippen molar-refractivity contribution in [2.75, 3.05) is 10.2 Å². The van der Waals surface area contributed by atoms with E-state index in [4.69, 9.17) is 10.2 Å². The molecule has 0 saturated carbocycles. The summed E-state index contributed by atoms with van der Waals surface area (Å²) in [5, 5.41) is 27.4. The van der Waals surface area contributed by atoms with E-state index in [1.54, 1.807) is 31.1 Å². The van der Waals surface area contributed by atoms with Crippen LogP contribution in [-0.2, 0) is 0 Å². The van der Waals surface area contributed by atoms with Crippen LogP contribution in [0.3, 0.4) is 0 Å². The van der Waals surface area contributed by atoms with Crippen LogP contribution in [0, 0.1) is 13.7 Å². The van der Waals surface area contributed by atoms with Crippen LogP contribution in [0.4, 0.5) is 17.1 Å². The molecule has 0 saturated heterocycles. The maximum Gasteiger partial charge on any atom is 0.277 e. The van der Waals surface area contributed by atoms with Gasteiger partial charge in [0.15, 0.2) is 0 Å². The molecule has 8 nitrogen and oxygen atoms in total. The minimum atomic E-state index is -0.407. The Morgan fingerprint density at radius 3 is 2.03 bits per heavy atom. The van der Waals surface area contributed by atoms with E-state index >= 15 is 0 Å². The van der Waals surface area contributed by atoms with Crippen molar-refractivity contribution in [3.05, 3.63) is 98.1 Å². The fourth-order valence-electron chi connectivity index (χ4n) is 2.76. The highest BCUT2D eigenvalue weighted by Gasteiger charge is 2.31. The molecule has 10 heteroatoms. The van der Waals surface area contributed by atoms with Crippen molar-refractivity contribution in [1.29, 1.82) is 0 Å². The van der Waals surface area contributed by atoms with Crippen LogP contribution < -0.4 is 28.1 Å². The summed E-state index contributed by atoms with van der Waals surface area (Å²) in [4.78, 5) is 10.5. The smallest absolute Gasteiger partial charge is 0.277 e. The maximum atomic E-state index is 10.9. The molecule has 1 aliphatic heterocycles. The average Bonchev–Trinajstić information content (AvgIpc) is 3.20. The van der Waals surface area contributed by atoms with Crippen LogP contribution >= 0.6 is 22.6 Å². The van der Waals surface area contributed by atoms with Crippen molar-refractivity contribution >= 4 is 45.5 Å². The number of hydrazone groups is 1. The molecule has 0 radical (unpaired) electrons. The minimum Gasteiger partial charge on any atom is -1.00 e. The number of non-ortho nitro benzene ring substituents is 1. The Morgan fingerprint density at radius 2 is 1.50 bits per heavy atom. The van der Waals surface area contributed by atoms with Crippen LogP contribution in [-0.4, -0.2) is 22.0 Å². The SMILES string of the molecule is CC(C)O.O=[N+]([O-])c1ccc(N2N=C(c3ccccc3)[NH2+]N2c2ccc(I)cc2)cc1.[Cl-]. The standard InChI is InChI=1S/C19H14IN5O2.C3H8O.ClH/c20-15-6-8-16(9-7-15)23-21-19(14-4-2-1-3-5-14)22-24(23)17-10-12-18(13-11-17)25(26)27;1-3(2)4;/h1-13H,(H,21,22);3-4H,1-2H3;1H. The van der Waals surface area contributed by atoms with E-state index in [-0.39, 0.29) is 24.2 Å². The molecule has 3 aromatic rings. The van der Waals surface area contributed by atoms with E-state index in [0.29, 0.717) is 0 Å². The Balaban J connectivity index is 0.000000672. The summed E-state index contributed by atoms with van der Waals surface area (Å²) < 4.78 is 1.14. The lowest BCUT2D eigenvalue weighted by atomic mass is 10.2. The van der Waals surface area contributed by atoms with Gasteiger partial charge in [-0.3, -0.25) is 10.1 Å². The molecule has 0 unspecified atom stereocenters. The highest BCUT2D eigenvalue weighted by Crippen LogP contribution is 2.25. The number of hydrogen-bond acceptors (Lipinski definition) is 6. The second-order valence-corrected chi connectivity index (χ2v) is 8.20. The van der Waals surface area contributed by atoms with E-state index < -0.39 is 4.92 Å². The first-order chi connectivity index (χ1) is 14.8. The Hall–Kier alpha value is -2.73. The summed E-state index contributed by atoms with van der Waals surface area (Å²) in [6.07, 6.45) is -0.167. The molecule has 1 heterocycles. The van der Waals surface area contributed by atoms with Gasteiger partial charge in [0, 0.05) is 21.8 Å². The van der Waals surface area contributed by atoms with E-state index in [9.17, 15) is 10.1 Å². The average molecular weight is 568 g/mol. The van der Waals surface area contributed by atoms with Gasteiger partial charge in [-0.05, 0) is 85.0 Å². The predicted octanol–water partition coefficient (Wildman–Crippen LogP) is 0.672. The van der Waals surface area contributed by atoms with E-state index in [2.05, 4.69) is 22.6 Å². The highest BCUT2D eigenvalue weighted by molar-refractivity contribution is 14.1. The van der Waals surface area contributed by atoms with Gasteiger partial charge in [-0.25, -0.2) is 0 Å². The molecule has 0 spiro atoms. The number of anilines is 2. The lowest BCUT2D eigenvalue weighted by molar-refractivity contribution is -0.545. The molecule has 3 aromatic carbocycles. The summed E-state index contributed by atoms with van der Waals surface area (Å²) in [7, 11) is 0.